The minimum absolute atomic E-state index is 0.0302. The number of carbonyl (C=O) groups is 1. The summed E-state index contributed by atoms with van der Waals surface area (Å²) in [4.78, 5) is 22.4. The lowest BCUT2D eigenvalue weighted by Crippen LogP contribution is -2.46. The van der Waals surface area contributed by atoms with Gasteiger partial charge in [-0.25, -0.2) is 22.5 Å². The third kappa shape index (κ3) is 4.79. The minimum atomic E-state index is -2.75. The molecule has 31 heavy (non-hydrogen) atoms. The van der Waals surface area contributed by atoms with Crippen LogP contribution in [0.3, 0.4) is 0 Å². The molecular formula is C19H20F4N6OS. The molecule has 0 unspecified atom stereocenters. The monoisotopic (exact) mass is 456 g/mol. The van der Waals surface area contributed by atoms with Crippen LogP contribution in [0.25, 0.3) is 10.6 Å². The second kappa shape index (κ2) is 8.92. The zero-order valence-corrected chi connectivity index (χ0v) is 17.3. The Morgan fingerprint density at radius 1 is 1.29 bits per heavy atom. The number of anilines is 1. The highest BCUT2D eigenvalue weighted by molar-refractivity contribution is 7.19. The van der Waals surface area contributed by atoms with Crippen LogP contribution >= 0.6 is 11.3 Å². The largest absolute Gasteiger partial charge is 0.403 e. The number of carbonyl (C=O) groups excluding carboxylic acids is 1. The summed E-state index contributed by atoms with van der Waals surface area (Å²) in [5.41, 5.74) is 10.9. The molecule has 0 aliphatic carbocycles. The molecular weight excluding hydrogens is 436 g/mol. The van der Waals surface area contributed by atoms with E-state index in [4.69, 9.17) is 11.5 Å². The van der Waals surface area contributed by atoms with E-state index in [1.807, 2.05) is 0 Å². The number of aliphatic imine (C=N–C) groups is 1. The molecule has 1 aromatic carbocycles. The van der Waals surface area contributed by atoms with Gasteiger partial charge in [-0.05, 0) is 12.1 Å². The van der Waals surface area contributed by atoms with Gasteiger partial charge in [-0.3, -0.25) is 9.79 Å². The van der Waals surface area contributed by atoms with Crippen LogP contribution in [0.5, 0.6) is 0 Å². The highest BCUT2D eigenvalue weighted by Gasteiger charge is 2.35. The second-order valence-electron chi connectivity index (χ2n) is 6.75. The zero-order valence-electron chi connectivity index (χ0n) is 16.5. The fourth-order valence-electron chi connectivity index (χ4n) is 3.14. The number of piperidine rings is 1. The maximum absolute atomic E-state index is 14.0. The molecule has 5 N–H and O–H groups in total. The van der Waals surface area contributed by atoms with Crippen molar-refractivity contribution in [2.75, 3.05) is 25.9 Å². The lowest BCUT2D eigenvalue weighted by atomic mass is 10.1. The van der Waals surface area contributed by atoms with Gasteiger partial charge in [-0.1, -0.05) is 17.4 Å². The molecule has 7 nitrogen and oxygen atoms in total. The van der Waals surface area contributed by atoms with Gasteiger partial charge >= 0.3 is 0 Å². The number of thiazole rings is 1. The molecule has 1 fully saturated rings. The van der Waals surface area contributed by atoms with Gasteiger partial charge in [0.25, 0.3) is 11.8 Å². The van der Waals surface area contributed by atoms with Crippen molar-refractivity contribution in [2.45, 2.75) is 18.8 Å². The number of hydrogen-bond donors (Lipinski definition) is 3. The number of alkyl halides is 2. The van der Waals surface area contributed by atoms with E-state index in [0.29, 0.717) is 0 Å². The number of nitrogens with zero attached hydrogens (tertiary/aromatic N) is 3. The third-order valence-electron chi connectivity index (χ3n) is 4.71. The molecule has 1 aromatic heterocycles. The molecule has 2 heterocycles. The Morgan fingerprint density at radius 2 is 1.90 bits per heavy atom. The van der Waals surface area contributed by atoms with Crippen LogP contribution in [-0.2, 0) is 0 Å². The zero-order chi connectivity index (χ0) is 22.8. The van der Waals surface area contributed by atoms with Gasteiger partial charge in [0, 0.05) is 39.2 Å². The van der Waals surface area contributed by atoms with Crippen molar-refractivity contribution in [3.05, 3.63) is 47.4 Å². The molecule has 3 rings (SSSR count). The van der Waals surface area contributed by atoms with E-state index < -0.39 is 29.0 Å². The van der Waals surface area contributed by atoms with Crippen LogP contribution in [0, 0.1) is 11.6 Å². The number of hydrogen-bond acceptors (Lipinski definition) is 6. The Morgan fingerprint density at radius 3 is 2.45 bits per heavy atom. The number of nitrogens with two attached hydrogens (primary N) is 2. The van der Waals surface area contributed by atoms with Gasteiger partial charge in [-0.2, -0.15) is 0 Å². The number of likely N-dealkylation sites (tertiary alicyclic amines) is 1. The van der Waals surface area contributed by atoms with Gasteiger partial charge < -0.3 is 21.7 Å². The Bertz CT molecular complexity index is 1020. The standard InChI is InChI=1S/C19H20F4N6OS/c1-26-16(29-7-5-19(22,23)6-8-29)12(9-24)27-17(30)14-15(25)31-18(28-14)13-10(20)3-2-4-11(13)21/h2-4,9H,5-8,24-25H2,1H3,(H,27,30). The first-order valence-corrected chi connectivity index (χ1v) is 10.0. The Kier molecular flexibility index (Phi) is 6.48. The Balaban J connectivity index is 1.81. The van der Waals surface area contributed by atoms with Crippen molar-refractivity contribution >= 4 is 28.1 Å². The van der Waals surface area contributed by atoms with E-state index in [9.17, 15) is 22.4 Å². The Labute approximate surface area is 179 Å². The molecule has 166 valence electrons. The summed E-state index contributed by atoms with van der Waals surface area (Å²) in [6.45, 7) is 0.0604. The molecule has 12 heteroatoms. The molecule has 1 saturated heterocycles. The molecule has 0 atom stereocenters. The van der Waals surface area contributed by atoms with Crippen LogP contribution in [0.15, 0.2) is 35.1 Å². The maximum Gasteiger partial charge on any atom is 0.277 e. The average Bonchev–Trinajstić information content (AvgIpc) is 3.09. The molecule has 0 radical (unpaired) electrons. The van der Waals surface area contributed by atoms with E-state index in [1.165, 1.54) is 13.1 Å². The van der Waals surface area contributed by atoms with E-state index in [-0.39, 0.29) is 53.2 Å². The van der Waals surface area contributed by atoms with Crippen molar-refractivity contribution in [1.82, 2.24) is 15.2 Å². The van der Waals surface area contributed by atoms with E-state index in [1.54, 1.807) is 4.90 Å². The molecule has 1 aliphatic heterocycles. The fraction of sp³-hybridized carbons (Fsp3) is 0.316. The first-order chi connectivity index (χ1) is 14.7. The highest BCUT2D eigenvalue weighted by atomic mass is 32.1. The van der Waals surface area contributed by atoms with Crippen molar-refractivity contribution in [3.63, 3.8) is 0 Å². The van der Waals surface area contributed by atoms with Gasteiger partial charge in [0.2, 0.25) is 0 Å². The lowest BCUT2D eigenvalue weighted by Gasteiger charge is -2.34. The average molecular weight is 456 g/mol. The second-order valence-corrected chi connectivity index (χ2v) is 7.78. The van der Waals surface area contributed by atoms with E-state index in [0.717, 1.165) is 29.7 Å². The van der Waals surface area contributed by atoms with Gasteiger partial charge in [0.05, 0.1) is 11.3 Å². The number of amidine groups is 1. The predicted octanol–water partition coefficient (Wildman–Crippen LogP) is 2.96. The first kappa shape index (κ1) is 22.5. The number of benzene rings is 1. The predicted molar refractivity (Wildman–Crippen MR) is 111 cm³/mol. The van der Waals surface area contributed by atoms with Gasteiger partial charge in [0.1, 0.15) is 27.5 Å². The normalized spacial score (nSPS) is 17.0. The van der Waals surface area contributed by atoms with Gasteiger partial charge in [-0.15, -0.1) is 0 Å². The summed E-state index contributed by atoms with van der Waals surface area (Å²) < 4.78 is 55.0. The molecule has 1 aliphatic rings. The fourth-order valence-corrected chi connectivity index (χ4v) is 4.01. The number of halogens is 4. The molecule has 0 saturated carbocycles. The van der Waals surface area contributed by atoms with Crippen LogP contribution < -0.4 is 16.8 Å². The summed E-state index contributed by atoms with van der Waals surface area (Å²) in [6.07, 6.45) is 0.371. The smallest absolute Gasteiger partial charge is 0.277 e. The van der Waals surface area contributed by atoms with Gasteiger partial charge in [0.15, 0.2) is 5.69 Å². The topological polar surface area (TPSA) is 110 Å². The van der Waals surface area contributed by atoms with E-state index >= 15 is 0 Å². The van der Waals surface area contributed by atoms with Crippen LogP contribution in [0.2, 0.25) is 0 Å². The van der Waals surface area contributed by atoms with Crippen LogP contribution in [0.1, 0.15) is 23.3 Å². The number of rotatable bonds is 4. The number of nitrogens with one attached hydrogen (secondary N) is 1. The third-order valence-corrected chi connectivity index (χ3v) is 5.61. The Hall–Kier alpha value is -3.15. The molecule has 2 aromatic rings. The number of amides is 1. The highest BCUT2D eigenvalue weighted by Crippen LogP contribution is 2.33. The van der Waals surface area contributed by atoms with Crippen LogP contribution in [0.4, 0.5) is 22.6 Å². The number of aromatic nitrogens is 1. The summed E-state index contributed by atoms with van der Waals surface area (Å²) in [5.74, 6) is -4.99. The maximum atomic E-state index is 14.0. The summed E-state index contributed by atoms with van der Waals surface area (Å²) in [5, 5.41) is 2.35. The lowest BCUT2D eigenvalue weighted by molar-refractivity contribution is -0.0434. The van der Waals surface area contributed by atoms with Crippen molar-refractivity contribution < 1.29 is 22.4 Å². The molecule has 1 amide bonds. The van der Waals surface area contributed by atoms with Crippen molar-refractivity contribution in [3.8, 4) is 10.6 Å². The minimum Gasteiger partial charge on any atom is -0.403 e. The summed E-state index contributed by atoms with van der Waals surface area (Å²) in [7, 11) is 1.44. The first-order valence-electron chi connectivity index (χ1n) is 9.20. The molecule has 0 spiro atoms. The number of nitrogen functional groups attached to an aromatic ring is 1. The van der Waals surface area contributed by atoms with Crippen molar-refractivity contribution in [2.24, 2.45) is 10.7 Å². The van der Waals surface area contributed by atoms with Crippen LogP contribution in [-0.4, -0.2) is 47.7 Å². The van der Waals surface area contributed by atoms with E-state index in [2.05, 4.69) is 15.3 Å². The molecule has 0 bridgehead atoms. The SMILES string of the molecule is CN=C(C(=CN)NC(=O)c1nc(-c2c(F)cccc2F)sc1N)N1CCC(F)(F)CC1. The summed E-state index contributed by atoms with van der Waals surface area (Å²) in [6, 6.07) is 3.34. The summed E-state index contributed by atoms with van der Waals surface area (Å²) >= 11 is 0.752. The quantitative estimate of drug-likeness (QED) is 0.372. The van der Waals surface area contributed by atoms with Crippen molar-refractivity contribution in [1.29, 1.82) is 0 Å².